The van der Waals surface area contributed by atoms with Crippen LogP contribution in [-0.2, 0) is 11.8 Å². The molecule has 0 bridgehead atoms. The van der Waals surface area contributed by atoms with Crippen LogP contribution in [0.4, 0.5) is 0 Å². The van der Waals surface area contributed by atoms with Gasteiger partial charge in [-0.1, -0.05) is 39.7 Å². The molecule has 0 aliphatic rings. The van der Waals surface area contributed by atoms with Gasteiger partial charge in [-0.3, -0.25) is 4.98 Å². The highest BCUT2D eigenvalue weighted by Crippen LogP contribution is 2.26. The summed E-state index contributed by atoms with van der Waals surface area (Å²) in [5.74, 6) is 0.727. The highest BCUT2D eigenvalue weighted by atomic mass is 79.9. The average Bonchev–Trinajstić information content (AvgIpc) is 2.42. The molecule has 1 aromatic heterocycles. The lowest BCUT2D eigenvalue weighted by Gasteiger charge is -2.08. The molecular weight excluding hydrogens is 314 g/mol. The van der Waals surface area contributed by atoms with Gasteiger partial charge in [-0.05, 0) is 29.3 Å². The third-order valence-electron chi connectivity index (χ3n) is 2.52. The molecule has 0 amide bonds. The maximum absolute atomic E-state index is 6.13. The van der Waals surface area contributed by atoms with Crippen LogP contribution >= 0.6 is 27.5 Å². The zero-order valence-electron chi connectivity index (χ0n) is 9.77. The number of ether oxygens (including phenoxy) is 1. The summed E-state index contributed by atoms with van der Waals surface area (Å²) in [6.45, 7) is 0.596. The first-order valence-electron chi connectivity index (χ1n) is 5.65. The molecule has 0 saturated heterocycles. The number of aromatic nitrogens is 1. The zero-order chi connectivity index (χ0) is 12.8. The van der Waals surface area contributed by atoms with Crippen molar-refractivity contribution in [1.82, 2.24) is 4.98 Å². The Morgan fingerprint density at radius 2 is 2.11 bits per heavy atom. The highest BCUT2D eigenvalue weighted by Gasteiger charge is 2.02. The predicted octanol–water partition coefficient (Wildman–Crippen LogP) is 4.25. The largest absolute Gasteiger partial charge is 0.492 e. The first-order chi connectivity index (χ1) is 8.79. The van der Waals surface area contributed by atoms with Gasteiger partial charge < -0.3 is 4.74 Å². The van der Waals surface area contributed by atoms with E-state index in [1.165, 1.54) is 0 Å². The third-order valence-corrected chi connectivity index (χ3v) is 3.46. The molecule has 0 saturated carbocycles. The molecule has 0 N–H and O–H groups in total. The van der Waals surface area contributed by atoms with E-state index in [1.54, 1.807) is 6.20 Å². The molecule has 0 atom stereocenters. The number of rotatable bonds is 5. The molecule has 18 heavy (non-hydrogen) atoms. The van der Waals surface area contributed by atoms with E-state index in [0.29, 0.717) is 11.6 Å². The Bertz CT molecular complexity index is 504. The lowest BCUT2D eigenvalue weighted by atomic mass is 10.2. The van der Waals surface area contributed by atoms with Gasteiger partial charge in [0.25, 0.3) is 0 Å². The molecule has 2 nitrogen and oxygen atoms in total. The van der Waals surface area contributed by atoms with E-state index < -0.39 is 0 Å². The van der Waals surface area contributed by atoms with Crippen molar-refractivity contribution < 1.29 is 4.74 Å². The number of hydrogen-bond acceptors (Lipinski definition) is 2. The molecule has 0 fully saturated rings. The summed E-state index contributed by atoms with van der Waals surface area (Å²) in [7, 11) is 0. The summed E-state index contributed by atoms with van der Waals surface area (Å²) in [6.07, 6.45) is 4.43. The molecule has 0 radical (unpaired) electrons. The second-order valence-electron chi connectivity index (χ2n) is 3.86. The lowest BCUT2D eigenvalue weighted by molar-refractivity contribution is 0.322. The predicted molar refractivity (Wildman–Crippen MR) is 77.5 cm³/mol. The molecule has 0 aliphatic carbocycles. The van der Waals surface area contributed by atoms with Crippen LogP contribution in [0.2, 0.25) is 5.02 Å². The van der Waals surface area contributed by atoms with Gasteiger partial charge in [0.05, 0.1) is 11.6 Å². The molecular formula is C14H13BrClNO. The quantitative estimate of drug-likeness (QED) is 0.766. The normalized spacial score (nSPS) is 10.3. The monoisotopic (exact) mass is 325 g/mol. The molecule has 4 heteroatoms. The Labute approximate surface area is 120 Å². The van der Waals surface area contributed by atoms with Crippen molar-refractivity contribution in [3.63, 3.8) is 0 Å². The maximum Gasteiger partial charge on any atom is 0.137 e. The van der Waals surface area contributed by atoms with Gasteiger partial charge in [0, 0.05) is 24.1 Å². The SMILES string of the molecule is Clc1cc(CBr)ccc1OCCc1cccnc1. The Balaban J connectivity index is 1.91. The Kier molecular flexibility index (Phi) is 5.02. The van der Waals surface area contributed by atoms with Crippen molar-refractivity contribution in [2.24, 2.45) is 0 Å². The summed E-state index contributed by atoms with van der Waals surface area (Å²) in [5.41, 5.74) is 2.30. The molecule has 1 aromatic carbocycles. The smallest absolute Gasteiger partial charge is 0.137 e. The minimum absolute atomic E-state index is 0.596. The molecule has 2 aromatic rings. The maximum atomic E-state index is 6.13. The fourth-order valence-corrected chi connectivity index (χ4v) is 2.18. The summed E-state index contributed by atoms with van der Waals surface area (Å²) in [5, 5.41) is 1.45. The summed E-state index contributed by atoms with van der Waals surface area (Å²) in [4.78, 5) is 4.06. The van der Waals surface area contributed by atoms with Gasteiger partial charge in [-0.25, -0.2) is 0 Å². The standard InChI is InChI=1S/C14H13BrClNO/c15-9-12-3-4-14(13(16)8-12)18-7-5-11-2-1-6-17-10-11/h1-4,6,8,10H,5,7,9H2. The number of benzene rings is 1. The molecule has 0 spiro atoms. The van der Waals surface area contributed by atoms with Crippen LogP contribution in [0.25, 0.3) is 0 Å². The van der Waals surface area contributed by atoms with E-state index in [2.05, 4.69) is 20.9 Å². The number of halogens is 2. The van der Waals surface area contributed by atoms with Crippen molar-refractivity contribution in [2.45, 2.75) is 11.8 Å². The first kappa shape index (κ1) is 13.4. The number of nitrogens with zero attached hydrogens (tertiary/aromatic N) is 1. The van der Waals surface area contributed by atoms with E-state index in [-0.39, 0.29) is 0 Å². The van der Waals surface area contributed by atoms with Crippen LogP contribution in [0.3, 0.4) is 0 Å². The molecule has 1 heterocycles. The van der Waals surface area contributed by atoms with Gasteiger partial charge in [0.2, 0.25) is 0 Å². The van der Waals surface area contributed by atoms with E-state index in [0.717, 1.165) is 28.6 Å². The van der Waals surface area contributed by atoms with Crippen molar-refractivity contribution in [1.29, 1.82) is 0 Å². The third kappa shape index (κ3) is 3.72. The van der Waals surface area contributed by atoms with Crippen molar-refractivity contribution in [3.05, 3.63) is 58.9 Å². The molecule has 94 valence electrons. The van der Waals surface area contributed by atoms with Crippen LogP contribution in [0.15, 0.2) is 42.7 Å². The van der Waals surface area contributed by atoms with Gasteiger partial charge in [0.1, 0.15) is 5.75 Å². The highest BCUT2D eigenvalue weighted by molar-refractivity contribution is 9.08. The van der Waals surface area contributed by atoms with Gasteiger partial charge in [0.15, 0.2) is 0 Å². The minimum Gasteiger partial charge on any atom is -0.492 e. The van der Waals surface area contributed by atoms with Crippen LogP contribution < -0.4 is 4.74 Å². The number of alkyl halides is 1. The average molecular weight is 327 g/mol. The molecule has 0 aliphatic heterocycles. The van der Waals surface area contributed by atoms with Crippen LogP contribution in [-0.4, -0.2) is 11.6 Å². The Morgan fingerprint density at radius 1 is 1.22 bits per heavy atom. The van der Waals surface area contributed by atoms with Crippen LogP contribution in [0, 0.1) is 0 Å². The number of pyridine rings is 1. The second-order valence-corrected chi connectivity index (χ2v) is 4.83. The summed E-state index contributed by atoms with van der Waals surface area (Å²) >= 11 is 9.52. The van der Waals surface area contributed by atoms with Crippen molar-refractivity contribution >= 4 is 27.5 Å². The van der Waals surface area contributed by atoms with E-state index in [1.807, 2.05) is 36.5 Å². The summed E-state index contributed by atoms with van der Waals surface area (Å²) < 4.78 is 5.67. The van der Waals surface area contributed by atoms with Crippen LogP contribution in [0.1, 0.15) is 11.1 Å². The summed E-state index contributed by atoms with van der Waals surface area (Å²) in [6, 6.07) is 9.77. The molecule has 0 unspecified atom stereocenters. The molecule has 2 rings (SSSR count). The van der Waals surface area contributed by atoms with E-state index in [9.17, 15) is 0 Å². The van der Waals surface area contributed by atoms with Crippen molar-refractivity contribution in [3.8, 4) is 5.75 Å². The fraction of sp³-hybridized carbons (Fsp3) is 0.214. The Hall–Kier alpha value is -1.06. The lowest BCUT2D eigenvalue weighted by Crippen LogP contribution is -2.02. The van der Waals surface area contributed by atoms with E-state index in [4.69, 9.17) is 16.3 Å². The van der Waals surface area contributed by atoms with Gasteiger partial charge in [-0.2, -0.15) is 0 Å². The zero-order valence-corrected chi connectivity index (χ0v) is 12.1. The first-order valence-corrected chi connectivity index (χ1v) is 7.15. The van der Waals surface area contributed by atoms with Gasteiger partial charge >= 0.3 is 0 Å². The van der Waals surface area contributed by atoms with Crippen molar-refractivity contribution in [2.75, 3.05) is 6.61 Å². The fourth-order valence-electron chi connectivity index (χ4n) is 1.57. The van der Waals surface area contributed by atoms with Gasteiger partial charge in [-0.15, -0.1) is 0 Å². The minimum atomic E-state index is 0.596. The van der Waals surface area contributed by atoms with Crippen LogP contribution in [0.5, 0.6) is 5.75 Å². The topological polar surface area (TPSA) is 22.1 Å². The van der Waals surface area contributed by atoms with E-state index >= 15 is 0 Å². The Morgan fingerprint density at radius 3 is 2.78 bits per heavy atom. The number of hydrogen-bond donors (Lipinski definition) is 0. The second kappa shape index (κ2) is 6.76.